The summed E-state index contributed by atoms with van der Waals surface area (Å²) in [6.45, 7) is 0.448. The minimum atomic E-state index is -2.88. The van der Waals surface area contributed by atoms with Crippen LogP contribution in [0.1, 0.15) is 25.7 Å². The normalized spacial score (nSPS) is 36.1. The van der Waals surface area contributed by atoms with Gasteiger partial charge in [-0.1, -0.05) is 0 Å². The van der Waals surface area contributed by atoms with Gasteiger partial charge in [0.25, 0.3) is 0 Å². The fourth-order valence-corrected chi connectivity index (χ4v) is 2.89. The molecule has 1 saturated carbocycles. The Morgan fingerprint density at radius 2 is 1.85 bits per heavy atom. The van der Waals surface area contributed by atoms with Crippen LogP contribution in [0.5, 0.6) is 0 Å². The summed E-state index contributed by atoms with van der Waals surface area (Å²) in [5, 5.41) is -0.198. The van der Waals surface area contributed by atoms with E-state index >= 15 is 0 Å². The largest absolute Gasteiger partial charge is 0.329 e. The van der Waals surface area contributed by atoms with Crippen LogP contribution in [0.15, 0.2) is 0 Å². The second-order valence-electron chi connectivity index (χ2n) is 4.10. The summed E-state index contributed by atoms with van der Waals surface area (Å²) in [4.78, 5) is 0. The minimum absolute atomic E-state index is 0.198. The van der Waals surface area contributed by atoms with E-state index in [2.05, 4.69) is 0 Å². The molecule has 0 heterocycles. The Morgan fingerprint density at radius 1 is 1.38 bits per heavy atom. The van der Waals surface area contributed by atoms with Crippen molar-refractivity contribution in [2.45, 2.75) is 36.5 Å². The van der Waals surface area contributed by atoms with Crippen LogP contribution in [0, 0.1) is 0 Å². The Labute approximate surface area is 79.6 Å². The first-order chi connectivity index (χ1) is 5.87. The summed E-state index contributed by atoms with van der Waals surface area (Å²) in [5.74, 6) is 0. The van der Waals surface area contributed by atoms with Gasteiger partial charge in [-0.15, -0.1) is 0 Å². The van der Waals surface area contributed by atoms with Crippen molar-refractivity contribution in [3.63, 3.8) is 0 Å². The van der Waals surface area contributed by atoms with Gasteiger partial charge in [-0.2, -0.15) is 0 Å². The molecule has 0 aliphatic heterocycles. The van der Waals surface area contributed by atoms with E-state index < -0.39 is 9.84 Å². The van der Waals surface area contributed by atoms with E-state index in [9.17, 15) is 8.42 Å². The second kappa shape index (κ2) is 3.55. The van der Waals surface area contributed by atoms with E-state index in [1.54, 1.807) is 0 Å². The van der Waals surface area contributed by atoms with Gasteiger partial charge in [-0.25, -0.2) is 8.42 Å². The highest BCUT2D eigenvalue weighted by Crippen LogP contribution is 2.28. The molecule has 13 heavy (non-hydrogen) atoms. The first kappa shape index (κ1) is 10.9. The molecule has 4 N–H and O–H groups in total. The molecule has 0 unspecified atom stereocenters. The predicted molar refractivity (Wildman–Crippen MR) is 53.1 cm³/mol. The molecule has 0 spiro atoms. The summed E-state index contributed by atoms with van der Waals surface area (Å²) in [5.41, 5.74) is 11.1. The van der Waals surface area contributed by atoms with E-state index in [1.165, 1.54) is 6.26 Å². The summed E-state index contributed by atoms with van der Waals surface area (Å²) < 4.78 is 22.4. The van der Waals surface area contributed by atoms with Gasteiger partial charge in [0.05, 0.1) is 5.25 Å². The van der Waals surface area contributed by atoms with E-state index in [-0.39, 0.29) is 10.8 Å². The Morgan fingerprint density at radius 3 is 2.15 bits per heavy atom. The summed E-state index contributed by atoms with van der Waals surface area (Å²) in [6.07, 6.45) is 4.06. The molecule has 1 aliphatic rings. The maximum absolute atomic E-state index is 11.2. The molecule has 0 aromatic rings. The lowest BCUT2D eigenvalue weighted by molar-refractivity contribution is 0.305. The standard InChI is InChI=1S/C8H18N2O2S/c1-13(11,12)7-2-4-8(10,6-9)5-3-7/h7H,2-6,9-10H2,1H3. The van der Waals surface area contributed by atoms with Crippen molar-refractivity contribution in [1.29, 1.82) is 0 Å². The van der Waals surface area contributed by atoms with Crippen LogP contribution in [-0.4, -0.2) is 32.0 Å². The number of hydrogen-bond donors (Lipinski definition) is 2. The monoisotopic (exact) mass is 206 g/mol. The quantitative estimate of drug-likeness (QED) is 0.645. The van der Waals surface area contributed by atoms with Crippen LogP contribution >= 0.6 is 0 Å². The van der Waals surface area contributed by atoms with Crippen molar-refractivity contribution in [2.75, 3.05) is 12.8 Å². The lowest BCUT2D eigenvalue weighted by Gasteiger charge is -2.35. The molecule has 0 aromatic heterocycles. The highest BCUT2D eigenvalue weighted by atomic mass is 32.2. The average Bonchev–Trinajstić information content (AvgIpc) is 2.04. The van der Waals surface area contributed by atoms with Gasteiger partial charge >= 0.3 is 0 Å². The molecule has 0 bridgehead atoms. The minimum Gasteiger partial charge on any atom is -0.329 e. The molecular formula is C8H18N2O2S. The summed E-state index contributed by atoms with van der Waals surface area (Å²) in [6, 6.07) is 0. The maximum Gasteiger partial charge on any atom is 0.150 e. The van der Waals surface area contributed by atoms with Crippen molar-refractivity contribution in [1.82, 2.24) is 0 Å². The van der Waals surface area contributed by atoms with E-state index in [4.69, 9.17) is 11.5 Å². The van der Waals surface area contributed by atoms with Crippen molar-refractivity contribution < 1.29 is 8.42 Å². The van der Waals surface area contributed by atoms with Crippen LogP contribution in [-0.2, 0) is 9.84 Å². The smallest absolute Gasteiger partial charge is 0.150 e. The lowest BCUT2D eigenvalue weighted by atomic mass is 9.82. The third-order valence-electron chi connectivity index (χ3n) is 2.94. The second-order valence-corrected chi connectivity index (χ2v) is 6.42. The summed E-state index contributed by atoms with van der Waals surface area (Å²) in [7, 11) is -2.88. The molecule has 0 atom stereocenters. The third kappa shape index (κ3) is 2.65. The zero-order valence-corrected chi connectivity index (χ0v) is 8.81. The molecule has 4 nitrogen and oxygen atoms in total. The fraction of sp³-hybridized carbons (Fsp3) is 1.00. The number of nitrogens with two attached hydrogens (primary N) is 2. The Bertz CT molecular complexity index is 266. The zero-order valence-electron chi connectivity index (χ0n) is 7.99. The van der Waals surface area contributed by atoms with E-state index in [0.717, 1.165) is 12.8 Å². The Kier molecular flexibility index (Phi) is 2.99. The van der Waals surface area contributed by atoms with E-state index in [0.29, 0.717) is 19.4 Å². The average molecular weight is 206 g/mol. The van der Waals surface area contributed by atoms with Crippen LogP contribution in [0.25, 0.3) is 0 Å². The Hall–Kier alpha value is -0.130. The summed E-state index contributed by atoms with van der Waals surface area (Å²) >= 11 is 0. The number of hydrogen-bond acceptors (Lipinski definition) is 4. The van der Waals surface area contributed by atoms with Crippen molar-refractivity contribution in [3.8, 4) is 0 Å². The van der Waals surface area contributed by atoms with Crippen molar-refractivity contribution in [2.24, 2.45) is 11.5 Å². The first-order valence-corrected chi connectivity index (χ1v) is 6.51. The molecular weight excluding hydrogens is 188 g/mol. The molecule has 0 radical (unpaired) electrons. The van der Waals surface area contributed by atoms with Crippen LogP contribution in [0.3, 0.4) is 0 Å². The first-order valence-electron chi connectivity index (χ1n) is 4.55. The molecule has 0 saturated heterocycles. The molecule has 0 amide bonds. The van der Waals surface area contributed by atoms with E-state index in [1.807, 2.05) is 0 Å². The van der Waals surface area contributed by atoms with Gasteiger partial charge in [-0.3, -0.25) is 0 Å². The van der Waals surface area contributed by atoms with Crippen molar-refractivity contribution >= 4 is 9.84 Å². The van der Waals surface area contributed by atoms with Gasteiger partial charge in [0.1, 0.15) is 9.84 Å². The van der Waals surface area contributed by atoms with Gasteiger partial charge in [0.15, 0.2) is 0 Å². The molecule has 78 valence electrons. The van der Waals surface area contributed by atoms with Gasteiger partial charge in [0.2, 0.25) is 0 Å². The molecule has 1 fully saturated rings. The SMILES string of the molecule is CS(=O)(=O)C1CCC(N)(CN)CC1. The number of rotatable bonds is 2. The predicted octanol–water partition coefficient (Wildman–Crippen LogP) is -0.370. The molecule has 5 heteroatoms. The molecule has 1 rings (SSSR count). The fourth-order valence-electron chi connectivity index (χ4n) is 1.80. The molecule has 1 aliphatic carbocycles. The van der Waals surface area contributed by atoms with Gasteiger partial charge in [-0.05, 0) is 25.7 Å². The highest BCUT2D eigenvalue weighted by Gasteiger charge is 2.34. The molecule has 0 aromatic carbocycles. The van der Waals surface area contributed by atoms with Crippen LogP contribution in [0.2, 0.25) is 0 Å². The zero-order chi connectivity index (χ0) is 10.1. The van der Waals surface area contributed by atoms with Crippen LogP contribution < -0.4 is 11.5 Å². The Balaban J connectivity index is 2.58. The third-order valence-corrected chi connectivity index (χ3v) is 4.62. The maximum atomic E-state index is 11.2. The highest BCUT2D eigenvalue weighted by molar-refractivity contribution is 7.91. The van der Waals surface area contributed by atoms with Gasteiger partial charge < -0.3 is 11.5 Å². The topological polar surface area (TPSA) is 86.2 Å². The lowest BCUT2D eigenvalue weighted by Crippen LogP contribution is -2.51. The van der Waals surface area contributed by atoms with Gasteiger partial charge in [0, 0.05) is 18.3 Å². The van der Waals surface area contributed by atoms with Crippen molar-refractivity contribution in [3.05, 3.63) is 0 Å². The van der Waals surface area contributed by atoms with Crippen LogP contribution in [0.4, 0.5) is 0 Å². The number of sulfone groups is 1.